The molecule has 0 bridgehead atoms. The van der Waals surface area contributed by atoms with E-state index in [1.165, 1.54) is 35.1 Å². The van der Waals surface area contributed by atoms with E-state index >= 15 is 0 Å². The van der Waals surface area contributed by atoms with E-state index in [1.807, 2.05) is 49.4 Å². The Morgan fingerprint density at radius 3 is 2.54 bits per heavy atom. The highest BCUT2D eigenvalue weighted by molar-refractivity contribution is 9.10. The third-order valence-corrected chi connectivity index (χ3v) is 7.58. The van der Waals surface area contributed by atoms with Crippen LogP contribution in [0.2, 0.25) is 0 Å². The summed E-state index contributed by atoms with van der Waals surface area (Å²) in [6, 6.07) is 13.3. The minimum absolute atomic E-state index is 0.173. The molecule has 3 heterocycles. The van der Waals surface area contributed by atoms with Crippen molar-refractivity contribution in [2.45, 2.75) is 39.5 Å². The number of carbonyl (C=O) groups is 1. The number of hydrogen-bond acceptors (Lipinski definition) is 6. The maximum absolute atomic E-state index is 13.3. The van der Waals surface area contributed by atoms with Gasteiger partial charge in [0.05, 0.1) is 17.9 Å². The molecule has 0 fully saturated rings. The van der Waals surface area contributed by atoms with Gasteiger partial charge in [0.25, 0.3) is 11.5 Å². The Balaban J connectivity index is 1.46. The Labute approximate surface area is 215 Å². The van der Waals surface area contributed by atoms with Gasteiger partial charge in [0, 0.05) is 22.1 Å². The lowest BCUT2D eigenvalue weighted by Gasteiger charge is -2.13. The summed E-state index contributed by atoms with van der Waals surface area (Å²) in [6.45, 7) is 5.33. The molecule has 1 amide bonds. The molecule has 9 heteroatoms. The van der Waals surface area contributed by atoms with Crippen LogP contribution in [0.4, 0.5) is 5.69 Å². The summed E-state index contributed by atoms with van der Waals surface area (Å²) in [6.07, 6.45) is 4.65. The molecular formula is C26H25BrN4O3S. The minimum atomic E-state index is -0.331. The zero-order chi connectivity index (χ0) is 24.5. The molecule has 0 N–H and O–H groups in total. The predicted molar refractivity (Wildman–Crippen MR) is 142 cm³/mol. The number of likely N-dealkylation sites (N-methyl/N-ethyl adjacent to an activating group) is 1. The minimum Gasteiger partial charge on any atom is -0.494 e. The summed E-state index contributed by atoms with van der Waals surface area (Å²) in [5.41, 5.74) is 2.44. The largest absolute Gasteiger partial charge is 0.494 e. The summed E-state index contributed by atoms with van der Waals surface area (Å²) in [7, 11) is 0. The lowest BCUT2D eigenvalue weighted by molar-refractivity contribution is -0.113. The zero-order valence-electron chi connectivity index (χ0n) is 19.6. The lowest BCUT2D eigenvalue weighted by atomic mass is 10.1. The molecule has 0 atom stereocenters. The van der Waals surface area contributed by atoms with Crippen molar-refractivity contribution < 1.29 is 9.53 Å². The third-order valence-electron chi connectivity index (χ3n) is 6.06. The van der Waals surface area contributed by atoms with Crippen LogP contribution in [0.15, 0.2) is 51.7 Å². The molecule has 0 saturated heterocycles. The van der Waals surface area contributed by atoms with Gasteiger partial charge in [-0.05, 0) is 55.8 Å². The highest BCUT2D eigenvalue weighted by Crippen LogP contribution is 2.37. The topological polar surface area (TPSA) is 76.8 Å². The van der Waals surface area contributed by atoms with E-state index in [-0.39, 0.29) is 11.5 Å². The number of aromatic nitrogens is 3. The van der Waals surface area contributed by atoms with Crippen LogP contribution in [0.25, 0.3) is 21.9 Å². The van der Waals surface area contributed by atoms with Gasteiger partial charge in [0.1, 0.15) is 10.3 Å². The van der Waals surface area contributed by atoms with Crippen molar-refractivity contribution in [2.24, 2.45) is 0 Å². The zero-order valence-corrected chi connectivity index (χ0v) is 22.0. The van der Waals surface area contributed by atoms with Gasteiger partial charge in [-0.25, -0.2) is 0 Å². The van der Waals surface area contributed by atoms with Gasteiger partial charge >= 0.3 is 0 Å². The fourth-order valence-electron chi connectivity index (χ4n) is 4.26. The van der Waals surface area contributed by atoms with Crippen molar-refractivity contribution in [1.82, 2.24) is 14.6 Å². The number of amides is 1. The van der Waals surface area contributed by atoms with E-state index in [1.54, 1.807) is 4.90 Å². The second-order valence-corrected chi connectivity index (χ2v) is 10.3. The normalized spacial score (nSPS) is 14.7. The van der Waals surface area contributed by atoms with E-state index in [4.69, 9.17) is 4.74 Å². The first-order valence-electron chi connectivity index (χ1n) is 11.8. The Morgan fingerprint density at radius 2 is 1.83 bits per heavy atom. The number of nitrogens with zero attached hydrogens (tertiary/aromatic N) is 4. The fraction of sp³-hybridized carbons (Fsp3) is 0.308. The van der Waals surface area contributed by atoms with Crippen LogP contribution >= 0.6 is 27.3 Å². The van der Waals surface area contributed by atoms with E-state index in [0.29, 0.717) is 34.0 Å². The summed E-state index contributed by atoms with van der Waals surface area (Å²) in [4.78, 5) is 33.2. The molecule has 180 valence electrons. The Bertz CT molecular complexity index is 1510. The van der Waals surface area contributed by atoms with Crippen molar-refractivity contribution in [3.8, 4) is 17.1 Å². The maximum atomic E-state index is 13.3. The number of carbonyl (C=O) groups excluding carboxylic acids is 1. The van der Waals surface area contributed by atoms with Crippen LogP contribution in [0.3, 0.4) is 0 Å². The molecule has 0 aliphatic carbocycles. The number of halogens is 1. The molecule has 2 aromatic carbocycles. The lowest BCUT2D eigenvalue weighted by Crippen LogP contribution is -2.32. The average Bonchev–Trinajstić information content (AvgIpc) is 3.49. The van der Waals surface area contributed by atoms with E-state index in [0.717, 1.165) is 33.5 Å². The van der Waals surface area contributed by atoms with E-state index in [9.17, 15) is 9.59 Å². The smallest absolute Gasteiger partial charge is 0.291 e. The summed E-state index contributed by atoms with van der Waals surface area (Å²) in [5.74, 6) is 1.10. The van der Waals surface area contributed by atoms with Crippen molar-refractivity contribution in [2.75, 3.05) is 18.1 Å². The molecule has 0 unspecified atom stereocenters. The van der Waals surface area contributed by atoms with Crippen molar-refractivity contribution in [3.05, 3.63) is 67.4 Å². The standard InChI is InChI=1S/C26H25BrN4O3S/c1-3-5-6-7-14-34-18-11-8-16(9-12-18)23-28-26-31(29-23)25(33)22(35-26)21-19-15-17(27)10-13-20(19)30(4-2)24(21)32/h8-13,15H,3-7,14H2,1-2H3. The number of thiazole rings is 1. The number of rotatable bonds is 8. The Hall–Kier alpha value is -3.04. The van der Waals surface area contributed by atoms with Gasteiger partial charge in [0.2, 0.25) is 4.96 Å². The number of hydrogen-bond donors (Lipinski definition) is 0. The molecular weight excluding hydrogens is 528 g/mol. The first kappa shape index (κ1) is 23.7. The molecule has 2 aromatic heterocycles. The van der Waals surface area contributed by atoms with Gasteiger partial charge in [0.15, 0.2) is 5.82 Å². The second kappa shape index (κ2) is 9.91. The number of anilines is 1. The SMILES string of the molecule is CCCCCCOc1ccc(-c2nc3sc(=C4C(=O)N(CC)c5ccc(Br)cc54)c(=O)n3n2)cc1. The quantitative estimate of drug-likeness (QED) is 0.293. The van der Waals surface area contributed by atoms with Gasteiger partial charge in [-0.15, -0.1) is 5.10 Å². The van der Waals surface area contributed by atoms with Crippen LogP contribution in [0.5, 0.6) is 5.75 Å². The molecule has 7 nitrogen and oxygen atoms in total. The number of ether oxygens (including phenoxy) is 1. The van der Waals surface area contributed by atoms with Crippen LogP contribution in [-0.2, 0) is 4.79 Å². The van der Waals surface area contributed by atoms with Crippen LogP contribution in [-0.4, -0.2) is 33.7 Å². The van der Waals surface area contributed by atoms with E-state index in [2.05, 4.69) is 32.9 Å². The van der Waals surface area contributed by atoms with Crippen LogP contribution in [0.1, 0.15) is 45.1 Å². The summed E-state index contributed by atoms with van der Waals surface area (Å²) < 4.78 is 8.31. The molecule has 5 rings (SSSR count). The Morgan fingerprint density at radius 1 is 1.03 bits per heavy atom. The molecule has 0 saturated carbocycles. The van der Waals surface area contributed by atoms with Gasteiger partial charge in [-0.1, -0.05) is 53.5 Å². The maximum Gasteiger partial charge on any atom is 0.291 e. The number of benzene rings is 2. The molecule has 1 aliphatic heterocycles. The first-order valence-corrected chi connectivity index (χ1v) is 13.4. The number of fused-ring (bicyclic) bond motifs is 2. The Kier molecular flexibility index (Phi) is 6.71. The molecule has 35 heavy (non-hydrogen) atoms. The van der Waals surface area contributed by atoms with Gasteiger partial charge in [-0.3, -0.25) is 9.59 Å². The second-order valence-electron chi connectivity index (χ2n) is 8.39. The first-order chi connectivity index (χ1) is 17.0. The van der Waals surface area contributed by atoms with Crippen LogP contribution < -0.4 is 19.7 Å². The molecule has 4 aromatic rings. The molecule has 0 spiro atoms. The third kappa shape index (κ3) is 4.38. The molecule has 1 aliphatic rings. The monoisotopic (exact) mass is 552 g/mol. The van der Waals surface area contributed by atoms with Gasteiger partial charge < -0.3 is 9.64 Å². The summed E-state index contributed by atoms with van der Waals surface area (Å²) >= 11 is 4.68. The molecule has 0 radical (unpaired) electrons. The van der Waals surface area contributed by atoms with Crippen molar-refractivity contribution in [3.63, 3.8) is 0 Å². The van der Waals surface area contributed by atoms with Gasteiger partial charge in [-0.2, -0.15) is 9.50 Å². The van der Waals surface area contributed by atoms with Crippen molar-refractivity contribution in [1.29, 1.82) is 0 Å². The summed E-state index contributed by atoms with van der Waals surface area (Å²) in [5, 5.41) is 4.45. The number of unbranched alkanes of at least 4 members (excludes halogenated alkanes) is 3. The fourth-order valence-corrected chi connectivity index (χ4v) is 5.62. The van der Waals surface area contributed by atoms with E-state index < -0.39 is 0 Å². The van der Waals surface area contributed by atoms with Crippen LogP contribution in [0, 0.1) is 0 Å². The highest BCUT2D eigenvalue weighted by atomic mass is 79.9. The highest BCUT2D eigenvalue weighted by Gasteiger charge is 2.33. The predicted octanol–water partition coefficient (Wildman–Crippen LogP) is 4.82. The average molecular weight is 553 g/mol. The van der Waals surface area contributed by atoms with Crippen molar-refractivity contribution >= 4 is 49.4 Å².